The van der Waals surface area contributed by atoms with Crippen LogP contribution in [0.15, 0.2) is 36.4 Å². The zero-order chi connectivity index (χ0) is 15.9. The molecule has 0 unspecified atom stereocenters. The molecule has 0 bridgehead atoms. The van der Waals surface area contributed by atoms with Crippen LogP contribution in [-0.2, 0) is 12.8 Å². The Balaban J connectivity index is 2.37. The molecule has 0 aliphatic carbocycles. The van der Waals surface area contributed by atoms with Crippen LogP contribution in [0.4, 0.5) is 11.4 Å². The summed E-state index contributed by atoms with van der Waals surface area (Å²) in [7, 11) is 0. The number of nitrogen functional groups attached to an aromatic ring is 2. The molecule has 0 amide bonds. The summed E-state index contributed by atoms with van der Waals surface area (Å²) in [6, 6.07) is 12.7. The minimum Gasteiger partial charge on any atom is -0.398 e. The van der Waals surface area contributed by atoms with Gasteiger partial charge in [-0.3, -0.25) is 0 Å². The zero-order valence-electron chi connectivity index (χ0n) is 13.9. The van der Waals surface area contributed by atoms with Crippen molar-refractivity contribution in [3.63, 3.8) is 0 Å². The zero-order valence-corrected chi connectivity index (χ0v) is 13.9. The first-order valence-corrected chi connectivity index (χ1v) is 8.42. The predicted molar refractivity (Wildman–Crippen MR) is 97.9 cm³/mol. The van der Waals surface area contributed by atoms with Crippen LogP contribution in [0.25, 0.3) is 11.1 Å². The summed E-state index contributed by atoms with van der Waals surface area (Å²) in [4.78, 5) is 0. The third-order valence-corrected chi connectivity index (χ3v) is 4.16. The van der Waals surface area contributed by atoms with Gasteiger partial charge in [0.2, 0.25) is 0 Å². The van der Waals surface area contributed by atoms with E-state index in [-0.39, 0.29) is 0 Å². The Bertz CT molecular complexity index is 562. The first-order valence-electron chi connectivity index (χ1n) is 8.42. The predicted octanol–water partition coefficient (Wildman–Crippen LogP) is 5.20. The smallest absolute Gasteiger partial charge is 0.0394 e. The summed E-state index contributed by atoms with van der Waals surface area (Å²) in [6.07, 6.45) is 7.01. The molecule has 2 nitrogen and oxygen atoms in total. The number of benzene rings is 2. The average Bonchev–Trinajstić information content (AvgIpc) is 2.53. The summed E-state index contributed by atoms with van der Waals surface area (Å²) in [5, 5.41) is 0. The number of hydrogen-bond acceptors (Lipinski definition) is 2. The van der Waals surface area contributed by atoms with Crippen molar-refractivity contribution in [1.29, 1.82) is 0 Å². The minimum atomic E-state index is 0.805. The third kappa shape index (κ3) is 4.03. The first kappa shape index (κ1) is 16.4. The van der Waals surface area contributed by atoms with Gasteiger partial charge in [-0.25, -0.2) is 0 Å². The normalized spacial score (nSPS) is 10.8. The molecular formula is C20H28N2. The standard InChI is InChI=1S/C20H28N2/c1-3-5-7-15-9-11-19(21)17(13-15)18-14-16(8-6-4-2)10-12-20(18)22/h9-14H,3-8,21-22H2,1-2H3. The van der Waals surface area contributed by atoms with E-state index < -0.39 is 0 Å². The van der Waals surface area contributed by atoms with Crippen molar-refractivity contribution in [1.82, 2.24) is 0 Å². The molecule has 0 aliphatic heterocycles. The fourth-order valence-electron chi connectivity index (χ4n) is 2.75. The lowest BCUT2D eigenvalue weighted by Gasteiger charge is -2.13. The molecule has 118 valence electrons. The van der Waals surface area contributed by atoms with Gasteiger partial charge in [-0.2, -0.15) is 0 Å². The van der Waals surface area contributed by atoms with Crippen LogP contribution in [-0.4, -0.2) is 0 Å². The number of anilines is 2. The van der Waals surface area contributed by atoms with Crippen LogP contribution in [0.5, 0.6) is 0 Å². The first-order chi connectivity index (χ1) is 10.7. The van der Waals surface area contributed by atoms with Crippen LogP contribution >= 0.6 is 0 Å². The highest BCUT2D eigenvalue weighted by molar-refractivity contribution is 5.85. The molecule has 0 aromatic heterocycles. The van der Waals surface area contributed by atoms with Gasteiger partial charge in [0.1, 0.15) is 0 Å². The monoisotopic (exact) mass is 296 g/mol. The lowest BCUT2D eigenvalue weighted by molar-refractivity contribution is 0.794. The second kappa shape index (κ2) is 7.88. The van der Waals surface area contributed by atoms with Gasteiger partial charge in [-0.05, 0) is 61.1 Å². The number of aryl methyl sites for hydroxylation is 2. The van der Waals surface area contributed by atoms with Gasteiger partial charge in [0.15, 0.2) is 0 Å². The maximum atomic E-state index is 6.21. The van der Waals surface area contributed by atoms with Gasteiger partial charge in [0.05, 0.1) is 0 Å². The second-order valence-electron chi connectivity index (χ2n) is 6.05. The fourth-order valence-corrected chi connectivity index (χ4v) is 2.75. The van der Waals surface area contributed by atoms with Crippen molar-refractivity contribution >= 4 is 11.4 Å². The Morgan fingerprint density at radius 3 is 1.45 bits per heavy atom. The maximum Gasteiger partial charge on any atom is 0.0394 e. The van der Waals surface area contributed by atoms with Crippen molar-refractivity contribution in [2.75, 3.05) is 11.5 Å². The van der Waals surface area contributed by atoms with Gasteiger partial charge in [-0.1, -0.05) is 38.8 Å². The van der Waals surface area contributed by atoms with E-state index in [0.717, 1.165) is 35.3 Å². The van der Waals surface area contributed by atoms with E-state index in [4.69, 9.17) is 11.5 Å². The summed E-state index contributed by atoms with van der Waals surface area (Å²) in [5.74, 6) is 0. The number of nitrogens with two attached hydrogens (primary N) is 2. The van der Waals surface area contributed by atoms with Crippen molar-refractivity contribution in [2.24, 2.45) is 0 Å². The highest BCUT2D eigenvalue weighted by Crippen LogP contribution is 2.33. The highest BCUT2D eigenvalue weighted by atomic mass is 14.6. The highest BCUT2D eigenvalue weighted by Gasteiger charge is 2.09. The molecular weight excluding hydrogens is 268 g/mol. The van der Waals surface area contributed by atoms with Gasteiger partial charge in [-0.15, -0.1) is 0 Å². The third-order valence-electron chi connectivity index (χ3n) is 4.16. The van der Waals surface area contributed by atoms with Crippen molar-refractivity contribution in [3.8, 4) is 11.1 Å². The van der Waals surface area contributed by atoms with Crippen molar-refractivity contribution in [3.05, 3.63) is 47.5 Å². The van der Waals surface area contributed by atoms with Crippen LogP contribution in [0.3, 0.4) is 0 Å². The molecule has 2 heteroatoms. The molecule has 2 aromatic rings. The lowest BCUT2D eigenvalue weighted by atomic mass is 9.95. The Kier molecular flexibility index (Phi) is 5.88. The summed E-state index contributed by atoms with van der Waals surface area (Å²) >= 11 is 0. The largest absolute Gasteiger partial charge is 0.398 e. The van der Waals surface area contributed by atoms with Crippen molar-refractivity contribution < 1.29 is 0 Å². The molecule has 2 rings (SSSR count). The van der Waals surface area contributed by atoms with E-state index in [2.05, 4.69) is 38.1 Å². The van der Waals surface area contributed by atoms with E-state index in [1.807, 2.05) is 12.1 Å². The molecule has 0 atom stereocenters. The molecule has 0 fully saturated rings. The van der Waals surface area contributed by atoms with Crippen LogP contribution in [0.2, 0.25) is 0 Å². The number of rotatable bonds is 7. The van der Waals surface area contributed by atoms with E-state index in [0.29, 0.717) is 0 Å². The molecule has 0 aliphatic rings. The SMILES string of the molecule is CCCCc1ccc(N)c(-c2cc(CCCC)ccc2N)c1. The molecule has 0 saturated heterocycles. The van der Waals surface area contributed by atoms with Crippen LogP contribution in [0, 0.1) is 0 Å². The lowest BCUT2D eigenvalue weighted by Crippen LogP contribution is -1.98. The Labute approximate surface area is 134 Å². The van der Waals surface area contributed by atoms with Gasteiger partial charge in [0.25, 0.3) is 0 Å². The Morgan fingerprint density at radius 1 is 0.682 bits per heavy atom. The number of hydrogen-bond donors (Lipinski definition) is 2. The van der Waals surface area contributed by atoms with Crippen LogP contribution in [0.1, 0.15) is 50.7 Å². The topological polar surface area (TPSA) is 52.0 Å². The molecule has 0 saturated carbocycles. The molecule has 2 aromatic carbocycles. The molecule has 4 N–H and O–H groups in total. The minimum absolute atomic E-state index is 0.805. The van der Waals surface area contributed by atoms with Gasteiger partial charge >= 0.3 is 0 Å². The summed E-state index contributed by atoms with van der Waals surface area (Å²) in [5.41, 5.74) is 18.9. The quantitative estimate of drug-likeness (QED) is 0.690. The summed E-state index contributed by atoms with van der Waals surface area (Å²) in [6.45, 7) is 4.43. The molecule has 0 spiro atoms. The molecule has 0 heterocycles. The van der Waals surface area contributed by atoms with E-state index in [1.165, 1.54) is 36.8 Å². The van der Waals surface area contributed by atoms with E-state index in [1.54, 1.807) is 0 Å². The van der Waals surface area contributed by atoms with Crippen molar-refractivity contribution in [2.45, 2.75) is 52.4 Å². The molecule has 22 heavy (non-hydrogen) atoms. The summed E-state index contributed by atoms with van der Waals surface area (Å²) < 4.78 is 0. The average molecular weight is 296 g/mol. The molecule has 0 radical (unpaired) electrons. The maximum absolute atomic E-state index is 6.21. The Hall–Kier alpha value is -1.96. The second-order valence-corrected chi connectivity index (χ2v) is 6.05. The fraction of sp³-hybridized carbons (Fsp3) is 0.400. The van der Waals surface area contributed by atoms with E-state index >= 15 is 0 Å². The van der Waals surface area contributed by atoms with Gasteiger partial charge < -0.3 is 11.5 Å². The van der Waals surface area contributed by atoms with Crippen LogP contribution < -0.4 is 11.5 Å². The Morgan fingerprint density at radius 2 is 1.09 bits per heavy atom. The van der Waals surface area contributed by atoms with E-state index in [9.17, 15) is 0 Å². The van der Waals surface area contributed by atoms with Gasteiger partial charge in [0, 0.05) is 22.5 Å². The number of unbranched alkanes of at least 4 members (excludes halogenated alkanes) is 2.